The van der Waals surface area contributed by atoms with Crippen LogP contribution >= 0.6 is 0 Å². The van der Waals surface area contributed by atoms with Crippen molar-refractivity contribution in [1.29, 1.82) is 0 Å². The summed E-state index contributed by atoms with van der Waals surface area (Å²) in [6.07, 6.45) is 1.51. The molecule has 0 aromatic carbocycles. The van der Waals surface area contributed by atoms with Crippen LogP contribution < -0.4 is 5.32 Å². The van der Waals surface area contributed by atoms with Gasteiger partial charge in [-0.3, -0.25) is 0 Å². The third-order valence-corrected chi connectivity index (χ3v) is 5.37. The lowest BCUT2D eigenvalue weighted by Gasteiger charge is -2.36. The highest BCUT2D eigenvalue weighted by atomic mass is 32.2. The first kappa shape index (κ1) is 14.2. The van der Waals surface area contributed by atoms with Gasteiger partial charge in [-0.15, -0.1) is 0 Å². The summed E-state index contributed by atoms with van der Waals surface area (Å²) >= 11 is 0. The third kappa shape index (κ3) is 2.72. The number of hydrogen-bond donors (Lipinski definition) is 1. The predicted molar refractivity (Wildman–Crippen MR) is 74.6 cm³/mol. The lowest BCUT2D eigenvalue weighted by molar-refractivity contribution is 0.159. The molecule has 106 valence electrons. The molecule has 1 aromatic rings. The first-order valence-electron chi connectivity index (χ1n) is 6.30. The number of aromatic nitrogens is 1. The van der Waals surface area contributed by atoms with Gasteiger partial charge in [0.05, 0.1) is 5.69 Å². The molecular formula is C12H20N4O2S. The average molecular weight is 284 g/mol. The molecule has 1 aromatic heterocycles. The van der Waals surface area contributed by atoms with Crippen LogP contribution in [0.4, 0.5) is 5.69 Å². The summed E-state index contributed by atoms with van der Waals surface area (Å²) < 4.78 is 26.8. The number of pyridine rings is 1. The number of likely N-dealkylation sites (N-methyl/N-ethyl adjacent to an activating group) is 1. The predicted octanol–water partition coefficient (Wildman–Crippen LogP) is 0.448. The van der Waals surface area contributed by atoms with Crippen molar-refractivity contribution in [2.24, 2.45) is 0 Å². The van der Waals surface area contributed by atoms with E-state index in [0.29, 0.717) is 18.8 Å². The quantitative estimate of drug-likeness (QED) is 0.873. The second-order valence-corrected chi connectivity index (χ2v) is 6.65. The van der Waals surface area contributed by atoms with Crippen molar-refractivity contribution < 1.29 is 8.42 Å². The smallest absolute Gasteiger partial charge is 0.262 e. The molecule has 6 nitrogen and oxygen atoms in total. The SMILES string of the molecule is CNc1cccnc1S(=O)(=O)N1CCN(C)C(C)C1. The van der Waals surface area contributed by atoms with Crippen LogP contribution in [0.2, 0.25) is 0 Å². The van der Waals surface area contributed by atoms with E-state index in [0.717, 1.165) is 6.54 Å². The zero-order valence-electron chi connectivity index (χ0n) is 11.5. The van der Waals surface area contributed by atoms with E-state index in [1.807, 2.05) is 14.0 Å². The van der Waals surface area contributed by atoms with Crippen LogP contribution in [0.5, 0.6) is 0 Å². The van der Waals surface area contributed by atoms with Gasteiger partial charge in [-0.1, -0.05) is 0 Å². The van der Waals surface area contributed by atoms with Crippen LogP contribution in [0.15, 0.2) is 23.4 Å². The molecule has 1 fully saturated rings. The number of nitrogens with one attached hydrogen (secondary N) is 1. The highest BCUT2D eigenvalue weighted by molar-refractivity contribution is 7.89. The number of piperazine rings is 1. The van der Waals surface area contributed by atoms with Crippen molar-refractivity contribution in [3.05, 3.63) is 18.3 Å². The standard InChI is InChI=1S/C12H20N4O2S/c1-10-9-16(8-7-15(10)3)19(17,18)12-11(13-2)5-4-6-14-12/h4-6,10,13H,7-9H2,1-3H3. The average Bonchev–Trinajstić information content (AvgIpc) is 2.41. The first-order chi connectivity index (χ1) is 8.96. The monoisotopic (exact) mass is 284 g/mol. The van der Waals surface area contributed by atoms with Crippen molar-refractivity contribution in [1.82, 2.24) is 14.2 Å². The van der Waals surface area contributed by atoms with E-state index in [2.05, 4.69) is 15.2 Å². The molecule has 2 rings (SSSR count). The van der Waals surface area contributed by atoms with Gasteiger partial charge in [0.2, 0.25) is 0 Å². The van der Waals surface area contributed by atoms with Gasteiger partial charge in [0, 0.05) is 38.9 Å². The topological polar surface area (TPSA) is 65.5 Å². The summed E-state index contributed by atoms with van der Waals surface area (Å²) in [6.45, 7) is 3.77. The summed E-state index contributed by atoms with van der Waals surface area (Å²) in [4.78, 5) is 6.19. The Bertz CT molecular complexity index is 546. The van der Waals surface area contributed by atoms with E-state index in [1.54, 1.807) is 19.2 Å². The lowest BCUT2D eigenvalue weighted by Crippen LogP contribution is -2.52. The fraction of sp³-hybridized carbons (Fsp3) is 0.583. The largest absolute Gasteiger partial charge is 0.386 e. The van der Waals surface area contributed by atoms with Crippen molar-refractivity contribution >= 4 is 15.7 Å². The minimum atomic E-state index is -3.53. The van der Waals surface area contributed by atoms with E-state index in [1.165, 1.54) is 10.5 Å². The van der Waals surface area contributed by atoms with Crippen LogP contribution in [0.1, 0.15) is 6.92 Å². The molecule has 0 bridgehead atoms. The van der Waals surface area contributed by atoms with Gasteiger partial charge in [0.1, 0.15) is 0 Å². The molecule has 1 N–H and O–H groups in total. The van der Waals surface area contributed by atoms with Gasteiger partial charge >= 0.3 is 0 Å². The number of nitrogens with zero attached hydrogens (tertiary/aromatic N) is 3. The fourth-order valence-electron chi connectivity index (χ4n) is 2.14. The Morgan fingerprint density at radius 3 is 2.79 bits per heavy atom. The zero-order valence-corrected chi connectivity index (χ0v) is 12.3. The van der Waals surface area contributed by atoms with E-state index in [4.69, 9.17) is 0 Å². The maximum atomic E-state index is 12.6. The highest BCUT2D eigenvalue weighted by Crippen LogP contribution is 2.23. The first-order valence-corrected chi connectivity index (χ1v) is 7.74. The van der Waals surface area contributed by atoms with E-state index >= 15 is 0 Å². The molecule has 19 heavy (non-hydrogen) atoms. The van der Waals surface area contributed by atoms with Gasteiger partial charge < -0.3 is 10.2 Å². The molecule has 1 aliphatic rings. The molecule has 0 spiro atoms. The molecule has 0 aliphatic carbocycles. The maximum Gasteiger partial charge on any atom is 0.262 e. The number of sulfonamides is 1. The van der Waals surface area contributed by atoms with Crippen LogP contribution in [0, 0.1) is 0 Å². The van der Waals surface area contributed by atoms with Crippen molar-refractivity contribution in [3.63, 3.8) is 0 Å². The third-order valence-electron chi connectivity index (χ3n) is 3.55. The lowest BCUT2D eigenvalue weighted by atomic mass is 10.2. The van der Waals surface area contributed by atoms with Crippen molar-refractivity contribution in [3.8, 4) is 0 Å². The number of hydrogen-bond acceptors (Lipinski definition) is 5. The normalized spacial score (nSPS) is 22.4. The van der Waals surface area contributed by atoms with Gasteiger partial charge in [-0.2, -0.15) is 4.31 Å². The Morgan fingerprint density at radius 1 is 1.42 bits per heavy atom. The van der Waals surface area contributed by atoms with E-state index < -0.39 is 10.0 Å². The summed E-state index contributed by atoms with van der Waals surface area (Å²) in [5, 5.41) is 2.99. The molecule has 0 saturated carbocycles. The van der Waals surface area contributed by atoms with Crippen LogP contribution in [-0.4, -0.2) is 62.4 Å². The summed E-state index contributed by atoms with van der Waals surface area (Å²) in [6, 6.07) is 3.65. The Hall–Kier alpha value is -1.18. The summed E-state index contributed by atoms with van der Waals surface area (Å²) in [5.41, 5.74) is 0.536. The fourth-order valence-corrected chi connectivity index (χ4v) is 3.76. The minimum Gasteiger partial charge on any atom is -0.386 e. The van der Waals surface area contributed by atoms with Gasteiger partial charge in [0.15, 0.2) is 5.03 Å². The molecule has 2 heterocycles. The van der Waals surface area contributed by atoms with E-state index in [-0.39, 0.29) is 11.1 Å². The summed E-state index contributed by atoms with van der Waals surface area (Å²) in [5.74, 6) is 0. The highest BCUT2D eigenvalue weighted by Gasteiger charge is 2.33. The minimum absolute atomic E-state index is 0.106. The van der Waals surface area contributed by atoms with Gasteiger partial charge in [-0.05, 0) is 26.1 Å². The second kappa shape index (κ2) is 5.44. The number of anilines is 1. The molecule has 1 atom stereocenters. The summed E-state index contributed by atoms with van der Waals surface area (Å²) in [7, 11) is 0.177. The van der Waals surface area contributed by atoms with Gasteiger partial charge in [0.25, 0.3) is 10.0 Å². The Labute approximate surface area is 114 Å². The van der Waals surface area contributed by atoms with Crippen molar-refractivity contribution in [2.45, 2.75) is 18.0 Å². The second-order valence-electron chi connectivity index (χ2n) is 4.80. The maximum absolute atomic E-state index is 12.6. The Morgan fingerprint density at radius 2 is 2.16 bits per heavy atom. The Balaban J connectivity index is 2.32. The Kier molecular flexibility index (Phi) is 4.07. The molecule has 1 aliphatic heterocycles. The van der Waals surface area contributed by atoms with Crippen LogP contribution in [0.3, 0.4) is 0 Å². The van der Waals surface area contributed by atoms with E-state index in [9.17, 15) is 8.42 Å². The van der Waals surface area contributed by atoms with Gasteiger partial charge in [-0.25, -0.2) is 13.4 Å². The van der Waals surface area contributed by atoms with Crippen LogP contribution in [0.25, 0.3) is 0 Å². The van der Waals surface area contributed by atoms with Crippen LogP contribution in [-0.2, 0) is 10.0 Å². The number of rotatable bonds is 3. The molecule has 7 heteroatoms. The molecule has 0 amide bonds. The molecule has 1 saturated heterocycles. The van der Waals surface area contributed by atoms with Crippen molar-refractivity contribution in [2.75, 3.05) is 39.0 Å². The molecular weight excluding hydrogens is 264 g/mol. The molecule has 0 radical (unpaired) electrons. The molecule has 1 unspecified atom stereocenters. The zero-order chi connectivity index (χ0) is 14.0.